The predicted molar refractivity (Wildman–Crippen MR) is 50.9 cm³/mol. The molecule has 76 valence electrons. The Bertz CT molecular complexity index is 375. The number of hydrogen-bond donors (Lipinski definition) is 3. The first-order valence-corrected chi connectivity index (χ1v) is 4.12. The molecule has 1 aromatic heterocycles. The SMILES string of the molecule is C[C@](N)(CC(=O)O)c1ccc(=O)[nH]c1. The van der Waals surface area contributed by atoms with Gasteiger partial charge in [-0.1, -0.05) is 6.07 Å². The van der Waals surface area contributed by atoms with E-state index in [-0.39, 0.29) is 12.0 Å². The molecule has 0 aliphatic rings. The van der Waals surface area contributed by atoms with Crippen LogP contribution in [0.1, 0.15) is 18.9 Å². The van der Waals surface area contributed by atoms with Crippen LogP contribution in [0, 0.1) is 0 Å². The summed E-state index contributed by atoms with van der Waals surface area (Å²) in [6.07, 6.45) is 1.25. The second-order valence-electron chi connectivity index (χ2n) is 3.43. The molecule has 0 radical (unpaired) electrons. The first-order chi connectivity index (χ1) is 6.42. The zero-order valence-electron chi connectivity index (χ0n) is 7.78. The van der Waals surface area contributed by atoms with Gasteiger partial charge in [0.1, 0.15) is 0 Å². The van der Waals surface area contributed by atoms with Crippen molar-refractivity contribution in [2.24, 2.45) is 5.73 Å². The van der Waals surface area contributed by atoms with Gasteiger partial charge in [0.15, 0.2) is 0 Å². The zero-order chi connectivity index (χ0) is 10.8. The van der Waals surface area contributed by atoms with Gasteiger partial charge in [-0.2, -0.15) is 0 Å². The molecule has 1 aromatic rings. The molecule has 0 saturated heterocycles. The summed E-state index contributed by atoms with van der Waals surface area (Å²) < 4.78 is 0. The molecule has 5 heteroatoms. The van der Waals surface area contributed by atoms with Gasteiger partial charge in [-0.15, -0.1) is 0 Å². The van der Waals surface area contributed by atoms with Crippen molar-refractivity contribution in [3.05, 3.63) is 34.2 Å². The van der Waals surface area contributed by atoms with Gasteiger partial charge in [0, 0.05) is 12.3 Å². The van der Waals surface area contributed by atoms with Crippen LogP contribution < -0.4 is 11.3 Å². The second kappa shape index (κ2) is 3.63. The van der Waals surface area contributed by atoms with E-state index >= 15 is 0 Å². The Kier molecular flexibility index (Phi) is 2.71. The summed E-state index contributed by atoms with van der Waals surface area (Å²) in [6.45, 7) is 1.61. The van der Waals surface area contributed by atoms with E-state index in [9.17, 15) is 9.59 Å². The molecular weight excluding hydrogens is 184 g/mol. The molecule has 4 N–H and O–H groups in total. The van der Waals surface area contributed by atoms with Crippen molar-refractivity contribution < 1.29 is 9.90 Å². The summed E-state index contributed by atoms with van der Waals surface area (Å²) in [5.41, 5.74) is 5.18. The van der Waals surface area contributed by atoms with Crippen molar-refractivity contribution in [2.75, 3.05) is 0 Å². The molecule has 0 bridgehead atoms. The fraction of sp³-hybridized carbons (Fsp3) is 0.333. The van der Waals surface area contributed by atoms with Gasteiger partial charge in [0.2, 0.25) is 5.56 Å². The second-order valence-corrected chi connectivity index (χ2v) is 3.43. The Hall–Kier alpha value is -1.62. The number of aliphatic carboxylic acids is 1. The van der Waals surface area contributed by atoms with Gasteiger partial charge in [-0.3, -0.25) is 9.59 Å². The van der Waals surface area contributed by atoms with Crippen LogP contribution in [0.5, 0.6) is 0 Å². The van der Waals surface area contributed by atoms with E-state index < -0.39 is 11.5 Å². The first kappa shape index (κ1) is 10.5. The number of hydrogen-bond acceptors (Lipinski definition) is 3. The minimum absolute atomic E-state index is 0.182. The van der Waals surface area contributed by atoms with Crippen LogP contribution in [0.15, 0.2) is 23.1 Å². The Morgan fingerprint density at radius 3 is 2.71 bits per heavy atom. The lowest BCUT2D eigenvalue weighted by atomic mass is 9.91. The Balaban J connectivity index is 2.97. The van der Waals surface area contributed by atoms with Crippen LogP contribution in [-0.2, 0) is 10.3 Å². The summed E-state index contributed by atoms with van der Waals surface area (Å²) >= 11 is 0. The monoisotopic (exact) mass is 196 g/mol. The minimum Gasteiger partial charge on any atom is -0.481 e. The number of pyridine rings is 1. The lowest BCUT2D eigenvalue weighted by Gasteiger charge is -2.22. The molecule has 0 spiro atoms. The van der Waals surface area contributed by atoms with Crippen LogP contribution in [0.2, 0.25) is 0 Å². The molecule has 0 fully saturated rings. The number of carbonyl (C=O) groups is 1. The normalized spacial score (nSPS) is 14.7. The van der Waals surface area contributed by atoms with Crippen molar-refractivity contribution in [1.29, 1.82) is 0 Å². The Labute approximate surface area is 80.6 Å². The number of aromatic amines is 1. The maximum atomic E-state index is 10.8. The minimum atomic E-state index is -0.971. The molecule has 0 aliphatic heterocycles. The van der Waals surface area contributed by atoms with Gasteiger partial charge in [0.05, 0.1) is 12.0 Å². The van der Waals surface area contributed by atoms with Crippen molar-refractivity contribution in [1.82, 2.24) is 4.98 Å². The van der Waals surface area contributed by atoms with E-state index in [2.05, 4.69) is 4.98 Å². The van der Waals surface area contributed by atoms with Crippen LogP contribution in [0.25, 0.3) is 0 Å². The number of nitrogens with one attached hydrogen (secondary N) is 1. The first-order valence-electron chi connectivity index (χ1n) is 4.12. The van der Waals surface area contributed by atoms with Crippen LogP contribution in [-0.4, -0.2) is 16.1 Å². The average molecular weight is 196 g/mol. The molecule has 0 unspecified atom stereocenters. The summed E-state index contributed by atoms with van der Waals surface area (Å²) in [7, 11) is 0. The van der Waals surface area contributed by atoms with E-state index in [1.165, 1.54) is 18.3 Å². The van der Waals surface area contributed by atoms with Crippen molar-refractivity contribution in [3.8, 4) is 0 Å². The van der Waals surface area contributed by atoms with Gasteiger partial charge < -0.3 is 15.8 Å². The number of carboxylic acids is 1. The Morgan fingerprint density at radius 1 is 1.64 bits per heavy atom. The summed E-state index contributed by atoms with van der Waals surface area (Å²) in [6, 6.07) is 2.85. The van der Waals surface area contributed by atoms with Crippen LogP contribution in [0.3, 0.4) is 0 Å². The highest BCUT2D eigenvalue weighted by molar-refractivity contribution is 5.68. The third-order valence-electron chi connectivity index (χ3n) is 1.96. The third kappa shape index (κ3) is 2.43. The number of nitrogens with two attached hydrogens (primary N) is 1. The molecule has 5 nitrogen and oxygen atoms in total. The molecule has 0 aliphatic carbocycles. The van der Waals surface area contributed by atoms with Crippen molar-refractivity contribution in [2.45, 2.75) is 18.9 Å². The van der Waals surface area contributed by atoms with Crippen LogP contribution >= 0.6 is 0 Å². The largest absolute Gasteiger partial charge is 0.481 e. The van der Waals surface area contributed by atoms with E-state index in [1.807, 2.05) is 0 Å². The lowest BCUT2D eigenvalue weighted by molar-refractivity contribution is -0.138. The maximum Gasteiger partial charge on any atom is 0.305 e. The number of carboxylic acid groups (broad SMARTS) is 1. The fourth-order valence-electron chi connectivity index (χ4n) is 1.18. The topological polar surface area (TPSA) is 96.2 Å². The molecule has 1 rings (SSSR count). The molecular formula is C9H12N2O3. The summed E-state index contributed by atoms with van der Waals surface area (Å²) in [5, 5.41) is 8.61. The van der Waals surface area contributed by atoms with Gasteiger partial charge >= 0.3 is 5.97 Å². The smallest absolute Gasteiger partial charge is 0.305 e. The Morgan fingerprint density at radius 2 is 2.29 bits per heavy atom. The number of H-pyrrole nitrogens is 1. The zero-order valence-corrected chi connectivity index (χ0v) is 7.78. The van der Waals surface area contributed by atoms with Crippen molar-refractivity contribution in [3.63, 3.8) is 0 Å². The fourth-order valence-corrected chi connectivity index (χ4v) is 1.18. The molecule has 1 atom stereocenters. The highest BCUT2D eigenvalue weighted by atomic mass is 16.4. The van der Waals surface area contributed by atoms with E-state index in [4.69, 9.17) is 10.8 Å². The van der Waals surface area contributed by atoms with Gasteiger partial charge in [-0.25, -0.2) is 0 Å². The van der Waals surface area contributed by atoms with Gasteiger partial charge in [-0.05, 0) is 12.5 Å². The molecule has 0 amide bonds. The van der Waals surface area contributed by atoms with E-state index in [0.717, 1.165) is 0 Å². The molecule has 14 heavy (non-hydrogen) atoms. The van der Waals surface area contributed by atoms with Crippen LogP contribution in [0.4, 0.5) is 0 Å². The highest BCUT2D eigenvalue weighted by Gasteiger charge is 2.24. The maximum absolute atomic E-state index is 10.8. The molecule has 1 heterocycles. The van der Waals surface area contributed by atoms with Crippen molar-refractivity contribution >= 4 is 5.97 Å². The van der Waals surface area contributed by atoms with E-state index in [1.54, 1.807) is 6.92 Å². The number of aromatic nitrogens is 1. The molecule has 0 saturated carbocycles. The predicted octanol–water partition coefficient (Wildman–Crippen LogP) is 0.0235. The number of rotatable bonds is 3. The summed E-state index contributed by atoms with van der Waals surface area (Å²) in [5.74, 6) is -0.971. The average Bonchev–Trinajstić information content (AvgIpc) is 2.02. The lowest BCUT2D eigenvalue weighted by Crippen LogP contribution is -2.36. The standard InChI is InChI=1S/C9H12N2O3/c1-9(10,4-8(13)14)6-2-3-7(12)11-5-6/h2-3,5H,4,10H2,1H3,(H,11,12)(H,13,14)/t9-/m0/s1. The summed E-state index contributed by atoms with van der Waals surface area (Å²) in [4.78, 5) is 23.7. The van der Waals surface area contributed by atoms with E-state index in [0.29, 0.717) is 5.56 Å². The van der Waals surface area contributed by atoms with Gasteiger partial charge in [0.25, 0.3) is 0 Å². The highest BCUT2D eigenvalue weighted by Crippen LogP contribution is 2.19. The molecule has 0 aromatic carbocycles. The third-order valence-corrected chi connectivity index (χ3v) is 1.96. The quantitative estimate of drug-likeness (QED) is 0.635.